The number of hydrogen-bond donors (Lipinski definition) is 1. The minimum absolute atomic E-state index is 0.0418. The minimum Gasteiger partial charge on any atom is -0.483 e. The lowest BCUT2D eigenvalue weighted by molar-refractivity contribution is -0.136. The highest BCUT2D eigenvalue weighted by Gasteiger charge is 2.22. The number of nitrogens with zero attached hydrogens (tertiary/aromatic N) is 1. The van der Waals surface area contributed by atoms with Gasteiger partial charge in [-0.05, 0) is 36.8 Å². The molecule has 116 valence electrons. The molecule has 1 N–H and O–H groups in total. The summed E-state index contributed by atoms with van der Waals surface area (Å²) in [6.45, 7) is 5.48. The summed E-state index contributed by atoms with van der Waals surface area (Å²) >= 11 is 0. The van der Waals surface area contributed by atoms with Crippen molar-refractivity contribution < 1.29 is 14.6 Å². The van der Waals surface area contributed by atoms with E-state index in [4.69, 9.17) is 4.74 Å². The van der Waals surface area contributed by atoms with Crippen LogP contribution in [0.1, 0.15) is 44.6 Å². The Balaban J connectivity index is 1.95. The third-order valence-corrected chi connectivity index (χ3v) is 4.16. The van der Waals surface area contributed by atoms with Crippen molar-refractivity contribution in [3.63, 3.8) is 0 Å². The van der Waals surface area contributed by atoms with Crippen LogP contribution in [0.15, 0.2) is 24.3 Å². The van der Waals surface area contributed by atoms with Crippen molar-refractivity contribution in [1.29, 1.82) is 0 Å². The van der Waals surface area contributed by atoms with Crippen molar-refractivity contribution in [1.82, 2.24) is 4.90 Å². The van der Waals surface area contributed by atoms with E-state index in [9.17, 15) is 9.90 Å². The summed E-state index contributed by atoms with van der Waals surface area (Å²) in [6, 6.07) is 7.89. The minimum atomic E-state index is -0.393. The Morgan fingerprint density at radius 3 is 2.95 bits per heavy atom. The average molecular weight is 291 g/mol. The molecule has 0 saturated carbocycles. The maximum absolute atomic E-state index is 12.2. The summed E-state index contributed by atoms with van der Waals surface area (Å²) < 4.78 is 5.74. The first-order chi connectivity index (χ1) is 10.1. The first-order valence-electron chi connectivity index (χ1n) is 7.79. The summed E-state index contributed by atoms with van der Waals surface area (Å²) in [5.41, 5.74) is 1.14. The summed E-state index contributed by atoms with van der Waals surface area (Å²) in [4.78, 5) is 13.9. The van der Waals surface area contributed by atoms with E-state index in [1.165, 1.54) is 0 Å². The standard InChI is InChI=1S/C17H25NO3/c1-3-13(2)15-8-4-5-9-16(15)21-12-17(20)18-10-6-7-14(19)11-18/h4-5,8-9,13-14,19H,3,6-7,10-12H2,1-2H3. The molecule has 1 fully saturated rings. The monoisotopic (exact) mass is 291 g/mol. The van der Waals surface area contributed by atoms with E-state index in [1.54, 1.807) is 4.90 Å². The average Bonchev–Trinajstić information content (AvgIpc) is 2.52. The zero-order valence-corrected chi connectivity index (χ0v) is 12.9. The molecule has 2 rings (SSSR count). The van der Waals surface area contributed by atoms with E-state index in [2.05, 4.69) is 19.9 Å². The third-order valence-electron chi connectivity index (χ3n) is 4.16. The van der Waals surface area contributed by atoms with Gasteiger partial charge < -0.3 is 14.7 Å². The van der Waals surface area contributed by atoms with Crippen molar-refractivity contribution in [2.45, 2.75) is 45.1 Å². The van der Waals surface area contributed by atoms with E-state index in [0.29, 0.717) is 19.0 Å². The van der Waals surface area contributed by atoms with E-state index >= 15 is 0 Å². The fraction of sp³-hybridized carbons (Fsp3) is 0.588. The molecule has 0 spiro atoms. The predicted octanol–water partition coefficient (Wildman–Crippen LogP) is 2.56. The van der Waals surface area contributed by atoms with Gasteiger partial charge in [0.1, 0.15) is 5.75 Å². The maximum atomic E-state index is 12.2. The number of carbonyl (C=O) groups is 1. The molecule has 4 nitrogen and oxygen atoms in total. The molecule has 1 aliphatic rings. The van der Waals surface area contributed by atoms with Crippen molar-refractivity contribution in [2.24, 2.45) is 0 Å². The molecule has 1 aromatic rings. The number of rotatable bonds is 5. The highest BCUT2D eigenvalue weighted by molar-refractivity contribution is 5.78. The van der Waals surface area contributed by atoms with Crippen molar-refractivity contribution in [3.8, 4) is 5.75 Å². The molecular weight excluding hydrogens is 266 g/mol. The van der Waals surface area contributed by atoms with Gasteiger partial charge in [-0.3, -0.25) is 4.79 Å². The Hall–Kier alpha value is -1.55. The zero-order chi connectivity index (χ0) is 15.2. The Morgan fingerprint density at radius 2 is 2.24 bits per heavy atom. The van der Waals surface area contributed by atoms with Crippen LogP contribution in [-0.2, 0) is 4.79 Å². The third kappa shape index (κ3) is 4.21. The van der Waals surface area contributed by atoms with E-state index < -0.39 is 6.10 Å². The molecular formula is C17H25NO3. The Labute approximate surface area is 126 Å². The number of likely N-dealkylation sites (tertiary alicyclic amines) is 1. The molecule has 4 heteroatoms. The van der Waals surface area contributed by atoms with Gasteiger partial charge in [0, 0.05) is 13.1 Å². The van der Waals surface area contributed by atoms with Crippen molar-refractivity contribution >= 4 is 5.91 Å². The van der Waals surface area contributed by atoms with Gasteiger partial charge in [-0.1, -0.05) is 32.0 Å². The number of hydrogen-bond acceptors (Lipinski definition) is 3. The van der Waals surface area contributed by atoms with Gasteiger partial charge in [0.25, 0.3) is 5.91 Å². The number of para-hydroxylation sites is 1. The number of benzene rings is 1. The molecule has 2 atom stereocenters. The first kappa shape index (κ1) is 15.8. The molecule has 0 radical (unpaired) electrons. The van der Waals surface area contributed by atoms with Crippen LogP contribution in [0.4, 0.5) is 0 Å². The second-order valence-electron chi connectivity index (χ2n) is 5.77. The van der Waals surface area contributed by atoms with Crippen LogP contribution in [0.5, 0.6) is 5.75 Å². The van der Waals surface area contributed by atoms with Crippen LogP contribution < -0.4 is 4.74 Å². The van der Waals surface area contributed by atoms with Crippen molar-refractivity contribution in [3.05, 3.63) is 29.8 Å². The molecule has 1 amide bonds. The molecule has 0 aromatic heterocycles. The fourth-order valence-corrected chi connectivity index (χ4v) is 2.65. The topological polar surface area (TPSA) is 49.8 Å². The molecule has 0 aliphatic carbocycles. The van der Waals surface area contributed by atoms with Gasteiger partial charge in [0.15, 0.2) is 6.61 Å². The zero-order valence-electron chi connectivity index (χ0n) is 12.9. The molecule has 0 bridgehead atoms. The molecule has 1 saturated heterocycles. The summed E-state index contributed by atoms with van der Waals surface area (Å²) in [6.07, 6.45) is 2.28. The van der Waals surface area contributed by atoms with Crippen LogP contribution in [-0.4, -0.2) is 41.7 Å². The van der Waals surface area contributed by atoms with Gasteiger partial charge in [-0.2, -0.15) is 0 Å². The van der Waals surface area contributed by atoms with Crippen LogP contribution in [0, 0.1) is 0 Å². The van der Waals surface area contributed by atoms with E-state index in [1.807, 2.05) is 18.2 Å². The number of aliphatic hydroxyl groups excluding tert-OH is 1. The second-order valence-corrected chi connectivity index (χ2v) is 5.77. The summed E-state index contributed by atoms with van der Waals surface area (Å²) in [7, 11) is 0. The lowest BCUT2D eigenvalue weighted by atomic mass is 9.98. The Bertz CT molecular complexity index is 475. The quantitative estimate of drug-likeness (QED) is 0.907. The number of β-amino-alcohol motifs (C(OH)–C–C–N with tert-alkyl or cyclic N) is 1. The largest absolute Gasteiger partial charge is 0.483 e. The highest BCUT2D eigenvalue weighted by Crippen LogP contribution is 2.28. The van der Waals surface area contributed by atoms with Gasteiger partial charge >= 0.3 is 0 Å². The molecule has 21 heavy (non-hydrogen) atoms. The van der Waals surface area contributed by atoms with Crippen LogP contribution in [0.2, 0.25) is 0 Å². The molecule has 1 heterocycles. The molecule has 1 aliphatic heterocycles. The predicted molar refractivity (Wildman–Crippen MR) is 82.5 cm³/mol. The highest BCUT2D eigenvalue weighted by atomic mass is 16.5. The Kier molecular flexibility index (Phi) is 5.62. The number of piperidine rings is 1. The molecule has 1 aromatic carbocycles. The van der Waals surface area contributed by atoms with Crippen molar-refractivity contribution in [2.75, 3.05) is 19.7 Å². The Morgan fingerprint density at radius 1 is 1.48 bits per heavy atom. The maximum Gasteiger partial charge on any atom is 0.260 e. The summed E-state index contributed by atoms with van der Waals surface area (Å²) in [5, 5.41) is 9.63. The SMILES string of the molecule is CCC(C)c1ccccc1OCC(=O)N1CCCC(O)C1. The number of carbonyl (C=O) groups excluding carboxylic acids is 1. The normalized spacial score (nSPS) is 20.1. The lowest BCUT2D eigenvalue weighted by Crippen LogP contribution is -2.44. The van der Waals surface area contributed by atoms with E-state index in [0.717, 1.165) is 30.6 Å². The van der Waals surface area contributed by atoms with Gasteiger partial charge in [-0.25, -0.2) is 0 Å². The van der Waals surface area contributed by atoms with Gasteiger partial charge in [0.2, 0.25) is 0 Å². The van der Waals surface area contributed by atoms with Gasteiger partial charge in [-0.15, -0.1) is 0 Å². The summed E-state index contributed by atoms with van der Waals surface area (Å²) in [5.74, 6) is 1.15. The second kappa shape index (κ2) is 7.46. The smallest absolute Gasteiger partial charge is 0.260 e. The number of aliphatic hydroxyl groups is 1. The fourth-order valence-electron chi connectivity index (χ4n) is 2.65. The van der Waals surface area contributed by atoms with Crippen LogP contribution in [0.25, 0.3) is 0 Å². The van der Waals surface area contributed by atoms with Gasteiger partial charge in [0.05, 0.1) is 6.10 Å². The number of ether oxygens (including phenoxy) is 1. The van der Waals surface area contributed by atoms with Crippen LogP contribution in [0.3, 0.4) is 0 Å². The first-order valence-corrected chi connectivity index (χ1v) is 7.79. The lowest BCUT2D eigenvalue weighted by Gasteiger charge is -2.30. The molecule has 2 unspecified atom stereocenters. The van der Waals surface area contributed by atoms with E-state index in [-0.39, 0.29) is 12.5 Å². The van der Waals surface area contributed by atoms with Crippen LogP contribution >= 0.6 is 0 Å². The number of amides is 1.